The van der Waals surface area contributed by atoms with Crippen molar-refractivity contribution in [3.05, 3.63) is 12.1 Å². The number of unbranched alkanes of at least 4 members (excludes halogenated alkanes) is 4. The number of carbonyl (C=O) groups excluding carboxylic acids is 1. The monoisotopic (exact) mass is 224 g/mol. The van der Waals surface area contributed by atoms with Gasteiger partial charge in [-0.2, -0.15) is 13.2 Å². The van der Waals surface area contributed by atoms with Crippen molar-refractivity contribution in [2.75, 3.05) is 0 Å². The summed E-state index contributed by atoms with van der Waals surface area (Å²) in [4.78, 5) is 10.8. The molecule has 0 aliphatic heterocycles. The molecule has 0 heterocycles. The van der Waals surface area contributed by atoms with E-state index in [4.69, 9.17) is 0 Å². The predicted octanol–water partition coefficient (Wildman–Crippen LogP) is 3.93. The van der Waals surface area contributed by atoms with Gasteiger partial charge in [0.05, 0.1) is 0 Å². The minimum atomic E-state index is -2.60. The van der Waals surface area contributed by atoms with Crippen LogP contribution in [0.1, 0.15) is 45.4 Å². The van der Waals surface area contributed by atoms with Crippen LogP contribution in [0.15, 0.2) is 12.1 Å². The molecule has 0 aliphatic carbocycles. The Morgan fingerprint density at radius 3 is 2.20 bits per heavy atom. The van der Waals surface area contributed by atoms with Crippen LogP contribution in [0.4, 0.5) is 13.2 Å². The van der Waals surface area contributed by atoms with Crippen LogP contribution < -0.4 is 0 Å². The summed E-state index contributed by atoms with van der Waals surface area (Å²) in [5, 5.41) is 0. The highest BCUT2D eigenvalue weighted by Gasteiger charge is 2.11. The molecule has 2 nitrogen and oxygen atoms in total. The van der Waals surface area contributed by atoms with Gasteiger partial charge in [-0.05, 0) is 6.42 Å². The molecule has 0 aromatic rings. The minimum Gasteiger partial charge on any atom is -0.395 e. The molecule has 0 amide bonds. The molecule has 0 aromatic carbocycles. The molecule has 0 spiro atoms. The van der Waals surface area contributed by atoms with E-state index in [-0.39, 0.29) is 6.42 Å². The predicted molar refractivity (Wildman–Crippen MR) is 49.8 cm³/mol. The summed E-state index contributed by atoms with van der Waals surface area (Å²) >= 11 is 0. The Balaban J connectivity index is 3.54. The molecule has 0 fully saturated rings. The van der Waals surface area contributed by atoms with Gasteiger partial charge in [-0.1, -0.05) is 32.6 Å². The normalized spacial score (nSPS) is 9.87. The third-order valence-electron chi connectivity index (χ3n) is 1.84. The molecule has 0 aromatic heterocycles. The first-order valence-electron chi connectivity index (χ1n) is 4.99. The molecule has 15 heavy (non-hydrogen) atoms. The standard InChI is InChI=1S/C10H15F3O2/c1-2-3-4-5-6-7-8(14)15-10(13)9(11)12/h2-7H2,1H3. The number of carbonyl (C=O) groups is 1. The van der Waals surface area contributed by atoms with E-state index in [2.05, 4.69) is 11.7 Å². The lowest BCUT2D eigenvalue weighted by Gasteiger charge is -2.00. The van der Waals surface area contributed by atoms with Gasteiger partial charge < -0.3 is 4.74 Å². The lowest BCUT2D eigenvalue weighted by molar-refractivity contribution is -0.142. The van der Waals surface area contributed by atoms with Crippen molar-refractivity contribution in [3.63, 3.8) is 0 Å². The van der Waals surface area contributed by atoms with Crippen LogP contribution in [-0.4, -0.2) is 5.97 Å². The molecule has 0 atom stereocenters. The summed E-state index contributed by atoms with van der Waals surface area (Å²) < 4.78 is 38.8. The van der Waals surface area contributed by atoms with Crippen molar-refractivity contribution in [1.82, 2.24) is 0 Å². The molecule has 0 bridgehead atoms. The molecule has 0 saturated carbocycles. The van der Waals surface area contributed by atoms with Crippen LogP contribution in [0.3, 0.4) is 0 Å². The fourth-order valence-electron chi connectivity index (χ4n) is 1.06. The van der Waals surface area contributed by atoms with Gasteiger partial charge in [0.15, 0.2) is 0 Å². The summed E-state index contributed by atoms with van der Waals surface area (Å²) in [6, 6.07) is -2.09. The Morgan fingerprint density at radius 1 is 1.07 bits per heavy atom. The van der Waals surface area contributed by atoms with Crippen molar-refractivity contribution in [3.8, 4) is 0 Å². The average molecular weight is 224 g/mol. The lowest BCUT2D eigenvalue weighted by Crippen LogP contribution is -2.02. The SMILES string of the molecule is CCCCCCCC(=O)OC(F)=C(F)F. The second-order valence-electron chi connectivity index (χ2n) is 3.17. The minimum absolute atomic E-state index is 0.0234. The topological polar surface area (TPSA) is 26.3 Å². The first kappa shape index (κ1) is 14.0. The zero-order chi connectivity index (χ0) is 11.7. The van der Waals surface area contributed by atoms with E-state index in [1.807, 2.05) is 0 Å². The fourth-order valence-corrected chi connectivity index (χ4v) is 1.06. The zero-order valence-electron chi connectivity index (χ0n) is 8.69. The highest BCUT2D eigenvalue weighted by Crippen LogP contribution is 2.12. The summed E-state index contributed by atoms with van der Waals surface area (Å²) in [6.45, 7) is 2.05. The lowest BCUT2D eigenvalue weighted by atomic mass is 10.1. The number of halogens is 3. The third-order valence-corrected chi connectivity index (χ3v) is 1.84. The summed E-state index contributed by atoms with van der Waals surface area (Å²) in [5.74, 6) is -0.947. The number of hydrogen-bond acceptors (Lipinski definition) is 2. The fraction of sp³-hybridized carbons (Fsp3) is 0.700. The quantitative estimate of drug-likeness (QED) is 0.372. The van der Waals surface area contributed by atoms with Crippen LogP contribution in [0.5, 0.6) is 0 Å². The number of rotatable bonds is 7. The van der Waals surface area contributed by atoms with Crippen LogP contribution in [0.25, 0.3) is 0 Å². The van der Waals surface area contributed by atoms with E-state index < -0.39 is 18.1 Å². The Morgan fingerprint density at radius 2 is 1.67 bits per heavy atom. The van der Waals surface area contributed by atoms with Gasteiger partial charge in [-0.15, -0.1) is 0 Å². The maximum Gasteiger partial charge on any atom is 0.347 e. The molecule has 5 heteroatoms. The van der Waals surface area contributed by atoms with Crippen LogP contribution in [0, 0.1) is 0 Å². The van der Waals surface area contributed by atoms with Crippen LogP contribution >= 0.6 is 0 Å². The van der Waals surface area contributed by atoms with Gasteiger partial charge in [-0.3, -0.25) is 4.79 Å². The summed E-state index contributed by atoms with van der Waals surface area (Å²) in [7, 11) is 0. The molecule has 0 saturated heterocycles. The van der Waals surface area contributed by atoms with E-state index >= 15 is 0 Å². The van der Waals surface area contributed by atoms with Crippen molar-refractivity contribution < 1.29 is 22.7 Å². The number of ether oxygens (including phenoxy) is 1. The van der Waals surface area contributed by atoms with E-state index in [1.54, 1.807) is 0 Å². The van der Waals surface area contributed by atoms with Crippen LogP contribution in [0.2, 0.25) is 0 Å². The van der Waals surface area contributed by atoms with E-state index in [0.29, 0.717) is 6.42 Å². The van der Waals surface area contributed by atoms with Gasteiger partial charge in [0.2, 0.25) is 0 Å². The molecule has 0 aliphatic rings. The third kappa shape index (κ3) is 8.03. The number of hydrogen-bond donors (Lipinski definition) is 0. The maximum absolute atomic E-state index is 12.1. The Bertz CT molecular complexity index is 223. The highest BCUT2D eigenvalue weighted by atomic mass is 19.3. The largest absolute Gasteiger partial charge is 0.395 e. The maximum atomic E-state index is 12.1. The van der Waals surface area contributed by atoms with Gasteiger partial charge in [-0.25, -0.2) is 0 Å². The summed E-state index contributed by atoms with van der Waals surface area (Å²) in [6.07, 6.45) is 1.88. The Hall–Kier alpha value is -1.00. The van der Waals surface area contributed by atoms with E-state index in [1.165, 1.54) is 0 Å². The molecule has 0 rings (SSSR count). The van der Waals surface area contributed by atoms with Crippen molar-refractivity contribution in [1.29, 1.82) is 0 Å². The van der Waals surface area contributed by atoms with Gasteiger partial charge >= 0.3 is 18.1 Å². The second kappa shape index (κ2) is 8.32. The van der Waals surface area contributed by atoms with Crippen molar-refractivity contribution in [2.24, 2.45) is 0 Å². The highest BCUT2D eigenvalue weighted by molar-refractivity contribution is 5.70. The zero-order valence-corrected chi connectivity index (χ0v) is 8.69. The Kier molecular flexibility index (Phi) is 7.77. The first-order chi connectivity index (χ1) is 7.07. The second-order valence-corrected chi connectivity index (χ2v) is 3.17. The van der Waals surface area contributed by atoms with Crippen molar-refractivity contribution >= 4 is 5.97 Å². The molecule has 0 unspecified atom stereocenters. The summed E-state index contributed by atoms with van der Waals surface area (Å²) in [5.41, 5.74) is 0. The van der Waals surface area contributed by atoms with Crippen LogP contribution in [-0.2, 0) is 9.53 Å². The number of esters is 1. The molecule has 0 radical (unpaired) electrons. The average Bonchev–Trinajstić information content (AvgIpc) is 2.17. The van der Waals surface area contributed by atoms with E-state index in [0.717, 1.165) is 25.7 Å². The molecular formula is C10H15F3O2. The van der Waals surface area contributed by atoms with Gasteiger partial charge in [0.25, 0.3) is 0 Å². The molecule has 88 valence electrons. The van der Waals surface area contributed by atoms with Gasteiger partial charge in [0.1, 0.15) is 0 Å². The van der Waals surface area contributed by atoms with E-state index in [9.17, 15) is 18.0 Å². The van der Waals surface area contributed by atoms with Gasteiger partial charge in [0, 0.05) is 6.42 Å². The van der Waals surface area contributed by atoms with Crippen molar-refractivity contribution in [2.45, 2.75) is 45.4 Å². The Labute approximate surface area is 87.1 Å². The molecular weight excluding hydrogens is 209 g/mol. The molecule has 0 N–H and O–H groups in total. The smallest absolute Gasteiger partial charge is 0.347 e. The first-order valence-corrected chi connectivity index (χ1v) is 4.99.